The van der Waals surface area contributed by atoms with Crippen molar-refractivity contribution >= 4 is 17.5 Å². The van der Waals surface area contributed by atoms with Gasteiger partial charge in [0, 0.05) is 12.6 Å². The van der Waals surface area contributed by atoms with Gasteiger partial charge < -0.3 is 4.74 Å². The van der Waals surface area contributed by atoms with Crippen LogP contribution in [-0.4, -0.2) is 32.9 Å². The van der Waals surface area contributed by atoms with Crippen molar-refractivity contribution in [1.82, 2.24) is 14.8 Å². The molecule has 1 heterocycles. The molecule has 0 fully saturated rings. The minimum atomic E-state index is 0.0658. The highest BCUT2D eigenvalue weighted by Gasteiger charge is 2.09. The van der Waals surface area contributed by atoms with Gasteiger partial charge in [-0.3, -0.25) is 4.79 Å². The maximum Gasteiger partial charge on any atom is 0.186 e. The Morgan fingerprint density at radius 1 is 1.37 bits per heavy atom. The van der Waals surface area contributed by atoms with E-state index in [0.29, 0.717) is 17.9 Å². The van der Waals surface area contributed by atoms with Crippen LogP contribution in [-0.2, 0) is 7.05 Å². The molecule has 0 atom stereocenters. The summed E-state index contributed by atoms with van der Waals surface area (Å²) >= 11 is 1.38. The molecule has 0 saturated heterocycles. The number of hydrogen-bond donors (Lipinski definition) is 0. The zero-order valence-corrected chi connectivity index (χ0v) is 11.7. The number of benzene rings is 1. The second kappa shape index (κ2) is 6.38. The van der Waals surface area contributed by atoms with Crippen molar-refractivity contribution in [3.8, 4) is 5.75 Å². The van der Waals surface area contributed by atoms with E-state index in [1.807, 2.05) is 19.1 Å². The van der Waals surface area contributed by atoms with Crippen LogP contribution in [0.5, 0.6) is 5.75 Å². The number of ether oxygens (including phenoxy) is 1. The zero-order chi connectivity index (χ0) is 13.7. The van der Waals surface area contributed by atoms with Gasteiger partial charge in [0.2, 0.25) is 0 Å². The minimum Gasteiger partial charge on any atom is -0.494 e. The summed E-state index contributed by atoms with van der Waals surface area (Å²) in [5.74, 6) is 1.19. The monoisotopic (exact) mass is 277 g/mol. The average Bonchev–Trinajstić information content (AvgIpc) is 2.83. The fraction of sp³-hybridized carbons (Fsp3) is 0.308. The van der Waals surface area contributed by atoms with Crippen LogP contribution in [0.15, 0.2) is 35.7 Å². The lowest BCUT2D eigenvalue weighted by Crippen LogP contribution is -2.04. The van der Waals surface area contributed by atoms with Crippen LogP contribution in [0.25, 0.3) is 0 Å². The van der Waals surface area contributed by atoms with Crippen molar-refractivity contribution < 1.29 is 9.53 Å². The van der Waals surface area contributed by atoms with Crippen LogP contribution in [0.2, 0.25) is 0 Å². The molecule has 0 unspecified atom stereocenters. The first-order valence-corrected chi connectivity index (χ1v) is 6.92. The molecule has 1 aromatic carbocycles. The second-order valence-corrected chi connectivity index (χ2v) is 4.78. The standard InChI is InChI=1S/C13H15N3O2S/c1-3-18-11-6-4-10(5-7-11)12(17)8-19-13-14-9-15-16(13)2/h4-7,9H,3,8H2,1-2H3. The Balaban J connectivity index is 1.94. The van der Waals surface area contributed by atoms with E-state index in [1.165, 1.54) is 18.1 Å². The Morgan fingerprint density at radius 2 is 2.11 bits per heavy atom. The van der Waals surface area contributed by atoms with Gasteiger partial charge in [-0.1, -0.05) is 11.8 Å². The summed E-state index contributed by atoms with van der Waals surface area (Å²) in [6, 6.07) is 7.18. The van der Waals surface area contributed by atoms with E-state index < -0.39 is 0 Å². The summed E-state index contributed by atoms with van der Waals surface area (Å²) in [5, 5.41) is 4.69. The molecule has 0 spiro atoms. The maximum atomic E-state index is 12.0. The van der Waals surface area contributed by atoms with E-state index in [4.69, 9.17) is 4.74 Å². The van der Waals surface area contributed by atoms with Crippen molar-refractivity contribution in [3.05, 3.63) is 36.2 Å². The average molecular weight is 277 g/mol. The van der Waals surface area contributed by atoms with Gasteiger partial charge in [0.1, 0.15) is 12.1 Å². The molecule has 0 saturated carbocycles. The molecule has 0 N–H and O–H groups in total. The molecule has 0 aliphatic rings. The van der Waals surface area contributed by atoms with Crippen LogP contribution in [0.4, 0.5) is 0 Å². The molecular weight excluding hydrogens is 262 g/mol. The number of thioether (sulfide) groups is 1. The number of Topliss-reactive ketones (excluding diaryl/α,β-unsaturated/α-hetero) is 1. The minimum absolute atomic E-state index is 0.0658. The van der Waals surface area contributed by atoms with Gasteiger partial charge >= 0.3 is 0 Å². The summed E-state index contributed by atoms with van der Waals surface area (Å²) < 4.78 is 6.99. The molecule has 100 valence electrons. The van der Waals surface area contributed by atoms with Crippen LogP contribution in [0.3, 0.4) is 0 Å². The Bertz CT molecular complexity index is 551. The van der Waals surface area contributed by atoms with Gasteiger partial charge in [0.05, 0.1) is 12.4 Å². The fourth-order valence-corrected chi connectivity index (χ4v) is 2.32. The van der Waals surface area contributed by atoms with Crippen LogP contribution < -0.4 is 4.74 Å². The van der Waals surface area contributed by atoms with E-state index in [0.717, 1.165) is 10.9 Å². The van der Waals surface area contributed by atoms with Gasteiger partial charge in [-0.15, -0.1) is 0 Å². The molecule has 0 amide bonds. The molecule has 2 rings (SSSR count). The van der Waals surface area contributed by atoms with Gasteiger partial charge in [-0.2, -0.15) is 5.10 Å². The third-order valence-corrected chi connectivity index (χ3v) is 3.52. The molecule has 0 bridgehead atoms. The Labute approximate surface area is 116 Å². The van der Waals surface area contributed by atoms with Crippen molar-refractivity contribution in [2.45, 2.75) is 12.1 Å². The highest BCUT2D eigenvalue weighted by atomic mass is 32.2. The van der Waals surface area contributed by atoms with E-state index in [1.54, 1.807) is 23.9 Å². The quantitative estimate of drug-likeness (QED) is 0.598. The molecule has 0 aliphatic heterocycles. The van der Waals surface area contributed by atoms with Gasteiger partial charge in [-0.05, 0) is 31.2 Å². The third kappa shape index (κ3) is 3.57. The number of rotatable bonds is 6. The lowest BCUT2D eigenvalue weighted by Gasteiger charge is -2.04. The van der Waals surface area contributed by atoms with Crippen molar-refractivity contribution in [2.24, 2.45) is 7.05 Å². The van der Waals surface area contributed by atoms with E-state index >= 15 is 0 Å². The van der Waals surface area contributed by atoms with E-state index in [-0.39, 0.29) is 5.78 Å². The Kier molecular flexibility index (Phi) is 4.57. The van der Waals surface area contributed by atoms with Crippen LogP contribution in [0, 0.1) is 0 Å². The van der Waals surface area contributed by atoms with E-state index in [9.17, 15) is 4.79 Å². The van der Waals surface area contributed by atoms with Crippen molar-refractivity contribution in [1.29, 1.82) is 0 Å². The first-order chi connectivity index (χ1) is 9.20. The molecule has 5 nitrogen and oxygen atoms in total. The number of carbonyl (C=O) groups excluding carboxylic acids is 1. The lowest BCUT2D eigenvalue weighted by molar-refractivity contribution is 0.102. The first kappa shape index (κ1) is 13.6. The van der Waals surface area contributed by atoms with Crippen molar-refractivity contribution in [3.63, 3.8) is 0 Å². The summed E-state index contributed by atoms with van der Waals surface area (Å²) in [7, 11) is 1.80. The topological polar surface area (TPSA) is 57.0 Å². The molecule has 0 radical (unpaired) electrons. The molecule has 6 heteroatoms. The predicted octanol–water partition coefficient (Wildman–Crippen LogP) is 2.19. The number of ketones is 1. The van der Waals surface area contributed by atoms with Crippen LogP contribution >= 0.6 is 11.8 Å². The normalized spacial score (nSPS) is 10.4. The number of carbonyl (C=O) groups is 1. The predicted molar refractivity (Wildman–Crippen MR) is 73.7 cm³/mol. The number of hydrogen-bond acceptors (Lipinski definition) is 5. The van der Waals surface area contributed by atoms with Gasteiger partial charge in [0.15, 0.2) is 10.9 Å². The summed E-state index contributed by atoms with van der Waals surface area (Å²) in [5.41, 5.74) is 0.679. The SMILES string of the molecule is CCOc1ccc(C(=O)CSc2ncnn2C)cc1. The zero-order valence-electron chi connectivity index (χ0n) is 10.9. The molecule has 2 aromatic rings. The highest BCUT2D eigenvalue weighted by molar-refractivity contribution is 7.99. The number of nitrogens with zero attached hydrogens (tertiary/aromatic N) is 3. The lowest BCUT2D eigenvalue weighted by atomic mass is 10.1. The fourth-order valence-electron chi connectivity index (χ4n) is 1.53. The third-order valence-electron chi connectivity index (χ3n) is 2.49. The van der Waals surface area contributed by atoms with Crippen LogP contribution in [0.1, 0.15) is 17.3 Å². The molecule has 0 aliphatic carbocycles. The smallest absolute Gasteiger partial charge is 0.186 e. The Morgan fingerprint density at radius 3 is 2.68 bits per heavy atom. The second-order valence-electron chi connectivity index (χ2n) is 3.84. The largest absolute Gasteiger partial charge is 0.494 e. The summed E-state index contributed by atoms with van der Waals surface area (Å²) in [4.78, 5) is 16.1. The molecule has 19 heavy (non-hydrogen) atoms. The number of aryl methyl sites for hydroxylation is 1. The molecule has 1 aromatic heterocycles. The van der Waals surface area contributed by atoms with E-state index in [2.05, 4.69) is 10.1 Å². The Hall–Kier alpha value is -1.82. The number of aromatic nitrogens is 3. The molecular formula is C13H15N3O2S. The maximum absolute atomic E-state index is 12.0. The van der Waals surface area contributed by atoms with Gasteiger partial charge in [-0.25, -0.2) is 9.67 Å². The summed E-state index contributed by atoms with van der Waals surface area (Å²) in [6.07, 6.45) is 1.48. The van der Waals surface area contributed by atoms with Gasteiger partial charge in [0.25, 0.3) is 0 Å². The summed E-state index contributed by atoms with van der Waals surface area (Å²) in [6.45, 7) is 2.55. The first-order valence-electron chi connectivity index (χ1n) is 5.93. The van der Waals surface area contributed by atoms with Crippen molar-refractivity contribution in [2.75, 3.05) is 12.4 Å². The highest BCUT2D eigenvalue weighted by Crippen LogP contribution is 2.17.